The Bertz CT molecular complexity index is 1430. The van der Waals surface area contributed by atoms with Gasteiger partial charge in [0.05, 0.1) is 12.3 Å². The first-order chi connectivity index (χ1) is 20.1. The second-order valence-electron chi connectivity index (χ2n) is 10.6. The minimum absolute atomic E-state index is 0.0641. The summed E-state index contributed by atoms with van der Waals surface area (Å²) < 4.78 is 5.98. The van der Waals surface area contributed by atoms with Crippen molar-refractivity contribution in [3.8, 4) is 28.8 Å². The number of hydrogen-bond acceptors (Lipinski definition) is 7. The van der Waals surface area contributed by atoms with Gasteiger partial charge in [-0.2, -0.15) is 0 Å². The van der Waals surface area contributed by atoms with Crippen molar-refractivity contribution in [2.45, 2.75) is 32.7 Å². The number of amides is 1. The maximum atomic E-state index is 12.1. The Morgan fingerprint density at radius 2 is 2.02 bits per heavy atom. The fourth-order valence-corrected chi connectivity index (χ4v) is 5.19. The highest BCUT2D eigenvalue weighted by Crippen LogP contribution is 2.27. The fourth-order valence-electron chi connectivity index (χ4n) is 5.19. The Morgan fingerprint density at radius 3 is 2.88 bits per heavy atom. The molecule has 5 rings (SSSR count). The summed E-state index contributed by atoms with van der Waals surface area (Å²) in [5.41, 5.74) is 5.00. The average Bonchev–Trinajstić information content (AvgIpc) is 2.98. The topological polar surface area (TPSA) is 82.6 Å². The van der Waals surface area contributed by atoms with Crippen LogP contribution in [0.4, 0.5) is 17.3 Å². The molecule has 212 valence electrons. The first-order valence-corrected chi connectivity index (χ1v) is 14.3. The van der Waals surface area contributed by atoms with Gasteiger partial charge in [-0.25, -0.2) is 9.97 Å². The molecule has 3 aromatic rings. The lowest BCUT2D eigenvalue weighted by Crippen LogP contribution is -2.39. The predicted octanol–water partition coefficient (Wildman–Crippen LogP) is 5.33. The number of anilines is 3. The summed E-state index contributed by atoms with van der Waals surface area (Å²) >= 11 is 0. The van der Waals surface area contributed by atoms with Crippen LogP contribution in [0.3, 0.4) is 0 Å². The molecule has 0 aliphatic carbocycles. The van der Waals surface area contributed by atoms with Crippen molar-refractivity contribution in [1.29, 1.82) is 0 Å². The lowest BCUT2D eigenvalue weighted by atomic mass is 9.96. The van der Waals surface area contributed by atoms with Crippen LogP contribution in [-0.2, 0) is 11.3 Å². The molecule has 3 heterocycles. The van der Waals surface area contributed by atoms with Gasteiger partial charge in [-0.15, -0.1) is 0 Å². The minimum atomic E-state index is -0.0641. The van der Waals surface area contributed by atoms with Crippen molar-refractivity contribution in [2.75, 3.05) is 50.5 Å². The van der Waals surface area contributed by atoms with E-state index in [2.05, 4.69) is 69.8 Å². The fraction of sp³-hybridized carbons (Fsp3) is 0.364. The first kappa shape index (κ1) is 28.2. The van der Waals surface area contributed by atoms with E-state index in [1.165, 1.54) is 5.56 Å². The summed E-state index contributed by atoms with van der Waals surface area (Å²) in [6, 6.07) is 16.4. The number of likely N-dealkylation sites (N-methyl/N-ethyl adjacent to an activating group) is 1. The van der Waals surface area contributed by atoms with Gasteiger partial charge in [0.2, 0.25) is 5.95 Å². The highest BCUT2D eigenvalue weighted by Gasteiger charge is 2.21. The van der Waals surface area contributed by atoms with Crippen LogP contribution < -0.4 is 15.4 Å². The molecule has 2 N–H and O–H groups in total. The molecule has 1 saturated heterocycles. The normalized spacial score (nSPS) is 17.1. The van der Waals surface area contributed by atoms with E-state index in [1.807, 2.05) is 35.2 Å². The number of benzene rings is 2. The molecule has 0 unspecified atom stereocenters. The lowest BCUT2D eigenvalue weighted by Gasteiger charge is -2.31. The SMILES string of the molecule is CC#CC(=O)N1CCC(CNc2cc3cc(c2)Nc2nccc(n2)-c2cccc(c2)OCC/C=C/CN(C)C3)CC1. The van der Waals surface area contributed by atoms with Crippen molar-refractivity contribution in [3.05, 3.63) is 72.4 Å². The first-order valence-electron chi connectivity index (χ1n) is 14.3. The summed E-state index contributed by atoms with van der Waals surface area (Å²) in [5, 5.41) is 7.10. The third kappa shape index (κ3) is 8.09. The second kappa shape index (κ2) is 13.8. The van der Waals surface area contributed by atoms with E-state index in [-0.39, 0.29) is 5.91 Å². The number of fused-ring (bicyclic) bond motifs is 7. The molecule has 2 aromatic carbocycles. The molecule has 1 fully saturated rings. The molecule has 0 spiro atoms. The zero-order valence-corrected chi connectivity index (χ0v) is 23.9. The summed E-state index contributed by atoms with van der Waals surface area (Å²) in [6.45, 7) is 6.35. The molecule has 0 radical (unpaired) electrons. The Kier molecular flexibility index (Phi) is 9.50. The number of piperidine rings is 1. The number of nitrogens with one attached hydrogen (secondary N) is 2. The van der Waals surface area contributed by atoms with Crippen molar-refractivity contribution < 1.29 is 9.53 Å². The summed E-state index contributed by atoms with van der Waals surface area (Å²) in [5.74, 6) is 7.18. The third-order valence-corrected chi connectivity index (χ3v) is 7.35. The summed E-state index contributed by atoms with van der Waals surface area (Å²) in [6.07, 6.45) is 8.95. The third-order valence-electron chi connectivity index (χ3n) is 7.35. The van der Waals surface area contributed by atoms with Crippen LogP contribution in [0.5, 0.6) is 5.75 Å². The maximum absolute atomic E-state index is 12.1. The van der Waals surface area contributed by atoms with Gasteiger partial charge in [0.15, 0.2) is 0 Å². The quantitative estimate of drug-likeness (QED) is 0.337. The zero-order chi connectivity index (χ0) is 28.4. The highest BCUT2D eigenvalue weighted by atomic mass is 16.5. The van der Waals surface area contributed by atoms with E-state index in [0.29, 0.717) is 18.5 Å². The van der Waals surface area contributed by atoms with Crippen molar-refractivity contribution >= 4 is 23.2 Å². The van der Waals surface area contributed by atoms with Crippen LogP contribution in [0, 0.1) is 17.8 Å². The van der Waals surface area contributed by atoms with E-state index < -0.39 is 0 Å². The van der Waals surface area contributed by atoms with Crippen LogP contribution in [0.25, 0.3) is 11.3 Å². The Balaban J connectivity index is 1.35. The van der Waals surface area contributed by atoms with E-state index in [9.17, 15) is 4.79 Å². The van der Waals surface area contributed by atoms with Crippen LogP contribution in [0.15, 0.2) is 66.9 Å². The Hall–Kier alpha value is -4.35. The van der Waals surface area contributed by atoms with Crippen molar-refractivity contribution in [1.82, 2.24) is 19.8 Å². The van der Waals surface area contributed by atoms with Crippen molar-refractivity contribution in [2.24, 2.45) is 5.92 Å². The molecule has 2 aliphatic rings. The van der Waals surface area contributed by atoms with Gasteiger partial charge in [-0.1, -0.05) is 30.2 Å². The standard InChI is InChI=1S/C33H38N6O2/c1-3-8-32(40)39-16-12-25(13-17-39)23-35-28-19-26-20-29(22-28)36-33-34-14-11-31(37-33)27-9-7-10-30(21-27)41-18-6-4-5-15-38(2)24-26/h4-5,7,9-11,14,19-22,25,35H,6,12-13,15-18,23-24H2,1-2H3,(H,34,36,37)/b5-4+. The van der Waals surface area contributed by atoms with E-state index in [0.717, 1.165) is 80.4 Å². The molecule has 6 bridgehead atoms. The molecule has 1 amide bonds. The smallest absolute Gasteiger partial charge is 0.298 e. The predicted molar refractivity (Wildman–Crippen MR) is 164 cm³/mol. The molecule has 8 nitrogen and oxygen atoms in total. The number of aromatic nitrogens is 2. The minimum Gasteiger partial charge on any atom is -0.493 e. The molecule has 1 aromatic heterocycles. The molecule has 0 atom stereocenters. The number of hydrogen-bond donors (Lipinski definition) is 2. The molecular weight excluding hydrogens is 512 g/mol. The number of carbonyl (C=O) groups is 1. The molecule has 2 aliphatic heterocycles. The molecule has 8 heteroatoms. The molecule has 41 heavy (non-hydrogen) atoms. The number of rotatable bonds is 3. The van der Waals surface area contributed by atoms with Crippen LogP contribution in [-0.4, -0.2) is 65.5 Å². The van der Waals surface area contributed by atoms with Crippen LogP contribution in [0.2, 0.25) is 0 Å². The maximum Gasteiger partial charge on any atom is 0.298 e. The van der Waals surface area contributed by atoms with Crippen molar-refractivity contribution in [3.63, 3.8) is 0 Å². The summed E-state index contributed by atoms with van der Waals surface area (Å²) in [7, 11) is 2.13. The second-order valence-corrected chi connectivity index (χ2v) is 10.6. The van der Waals surface area contributed by atoms with Gasteiger partial charge < -0.3 is 20.3 Å². The number of nitrogens with zero attached hydrogens (tertiary/aromatic N) is 4. The van der Waals surface area contributed by atoms with Gasteiger partial charge in [0.1, 0.15) is 5.75 Å². The highest BCUT2D eigenvalue weighted by molar-refractivity contribution is 5.93. The largest absolute Gasteiger partial charge is 0.493 e. The van der Waals surface area contributed by atoms with E-state index in [4.69, 9.17) is 9.72 Å². The van der Waals surface area contributed by atoms with E-state index >= 15 is 0 Å². The monoisotopic (exact) mass is 550 g/mol. The number of likely N-dealkylation sites (tertiary alicyclic amines) is 1. The van der Waals surface area contributed by atoms with Gasteiger partial charge in [-0.05, 0) is 87.0 Å². The Labute approximate surface area is 242 Å². The molecular formula is C33H38N6O2. The van der Waals surface area contributed by atoms with Gasteiger partial charge in [0, 0.05) is 55.9 Å². The van der Waals surface area contributed by atoms with Gasteiger partial charge >= 0.3 is 0 Å². The van der Waals surface area contributed by atoms with Gasteiger partial charge in [0.25, 0.3) is 5.91 Å². The zero-order valence-electron chi connectivity index (χ0n) is 23.9. The average molecular weight is 551 g/mol. The van der Waals surface area contributed by atoms with Crippen LogP contribution >= 0.6 is 0 Å². The molecule has 0 saturated carbocycles. The van der Waals surface area contributed by atoms with Gasteiger partial charge in [-0.3, -0.25) is 9.69 Å². The number of carbonyl (C=O) groups excluding carboxylic acids is 1. The lowest BCUT2D eigenvalue weighted by molar-refractivity contribution is -0.126. The van der Waals surface area contributed by atoms with Crippen LogP contribution in [0.1, 0.15) is 31.7 Å². The summed E-state index contributed by atoms with van der Waals surface area (Å²) in [4.78, 5) is 25.6. The Morgan fingerprint density at radius 1 is 1.15 bits per heavy atom. The number of ether oxygens (including phenoxy) is 1. The van der Waals surface area contributed by atoms with E-state index in [1.54, 1.807) is 13.1 Å².